The van der Waals surface area contributed by atoms with Gasteiger partial charge in [-0.15, -0.1) is 0 Å². The van der Waals surface area contributed by atoms with Crippen LogP contribution in [0.2, 0.25) is 0 Å². The summed E-state index contributed by atoms with van der Waals surface area (Å²) < 4.78 is 23.5. The molecule has 0 bridgehead atoms. The van der Waals surface area contributed by atoms with E-state index in [-0.39, 0.29) is 42.8 Å². The molecule has 0 aliphatic heterocycles. The van der Waals surface area contributed by atoms with Crippen LogP contribution in [0.25, 0.3) is 6.08 Å². The van der Waals surface area contributed by atoms with Gasteiger partial charge >= 0.3 is 11.9 Å². The number of hydrogen-bond acceptors (Lipinski definition) is 9. The van der Waals surface area contributed by atoms with Crippen LogP contribution in [-0.2, 0) is 44.9 Å². The molecule has 2 aliphatic rings. The summed E-state index contributed by atoms with van der Waals surface area (Å²) in [6.45, 7) is 1.27. The van der Waals surface area contributed by atoms with Crippen molar-refractivity contribution in [3.05, 3.63) is 124 Å². The third kappa shape index (κ3) is 8.26. The number of rotatable bonds is 10. The van der Waals surface area contributed by atoms with Crippen molar-refractivity contribution in [2.75, 3.05) is 14.2 Å². The van der Waals surface area contributed by atoms with Crippen molar-refractivity contribution < 1.29 is 43.9 Å². The van der Waals surface area contributed by atoms with Crippen molar-refractivity contribution in [2.45, 2.75) is 70.2 Å². The monoisotopic (exact) mass is 706 g/mol. The maximum absolute atomic E-state index is 13.6. The Morgan fingerprint density at radius 2 is 1.58 bits per heavy atom. The summed E-state index contributed by atoms with van der Waals surface area (Å²) in [7, 11) is 3.03. The van der Waals surface area contributed by atoms with Crippen LogP contribution in [0.15, 0.2) is 91.0 Å². The Hall–Kier alpha value is -5.28. The topological polar surface area (TPSA) is 132 Å². The number of methoxy groups -OCH3 is 2. The van der Waals surface area contributed by atoms with Crippen molar-refractivity contribution in [1.82, 2.24) is 0 Å². The van der Waals surface area contributed by atoms with Gasteiger partial charge in [-0.05, 0) is 94.7 Å². The molecule has 0 saturated heterocycles. The number of ether oxygens (including phenoxy) is 4. The van der Waals surface area contributed by atoms with Crippen LogP contribution < -0.4 is 9.47 Å². The van der Waals surface area contributed by atoms with E-state index in [9.17, 15) is 24.9 Å². The molecular weight excluding hydrogens is 660 g/mol. The zero-order chi connectivity index (χ0) is 36.8. The highest BCUT2D eigenvalue weighted by Gasteiger charge is 2.50. The van der Waals surface area contributed by atoms with Gasteiger partial charge in [-0.2, -0.15) is 0 Å². The number of phenolic OH excluding ortho intramolecular Hbond substituents is 2. The standard InChI is InChI=1S/C43H46O9/c1-27(45)51-39-23-35(52-42(48)17-29-10-7-11-30(16-29)26-44)18-33(31-12-13-37(46)40(21-31)49-2)24-43(15-14-28-8-5-4-6-9-28)25-34-20-38(47)41(50-3)22-32(34)19-36(39)43/h4-16,20-22,33,35-36,39,44,46-47H,17-19,23-26H2,1-3H3/t33-,35+,36+,39+,43+/m1/s1. The van der Waals surface area contributed by atoms with Gasteiger partial charge in [-0.3, -0.25) is 9.59 Å². The summed E-state index contributed by atoms with van der Waals surface area (Å²) in [5.41, 5.74) is 4.74. The normalized spacial score (nSPS) is 22.7. The molecule has 6 rings (SSSR count). The highest BCUT2D eigenvalue weighted by molar-refractivity contribution is 5.73. The molecule has 5 atom stereocenters. The molecule has 0 unspecified atom stereocenters. The van der Waals surface area contributed by atoms with Gasteiger partial charge in [0.05, 0.1) is 27.2 Å². The zero-order valence-electron chi connectivity index (χ0n) is 29.8. The first-order valence-corrected chi connectivity index (χ1v) is 17.6. The van der Waals surface area contributed by atoms with E-state index in [0.717, 1.165) is 27.8 Å². The molecule has 0 amide bonds. The Bertz CT molecular complexity index is 1920. The quantitative estimate of drug-likeness (QED) is 0.148. The second-order valence-corrected chi connectivity index (χ2v) is 14.0. The van der Waals surface area contributed by atoms with Gasteiger partial charge in [0.15, 0.2) is 23.0 Å². The van der Waals surface area contributed by atoms with E-state index in [1.54, 1.807) is 30.3 Å². The summed E-state index contributed by atoms with van der Waals surface area (Å²) >= 11 is 0. The summed E-state index contributed by atoms with van der Waals surface area (Å²) in [4.78, 5) is 26.4. The molecule has 0 spiro atoms. The third-order valence-electron chi connectivity index (χ3n) is 10.5. The predicted octanol–water partition coefficient (Wildman–Crippen LogP) is 7.08. The van der Waals surface area contributed by atoms with Gasteiger partial charge in [-0.1, -0.05) is 72.8 Å². The number of carbonyl (C=O) groups excluding carboxylic acids is 2. The number of aromatic hydroxyl groups is 2. The minimum atomic E-state index is -0.616. The lowest BCUT2D eigenvalue weighted by atomic mass is 9.56. The molecule has 1 fully saturated rings. The van der Waals surface area contributed by atoms with Crippen molar-refractivity contribution >= 4 is 18.0 Å². The highest BCUT2D eigenvalue weighted by Crippen LogP contribution is 2.54. The number of aliphatic hydroxyl groups excluding tert-OH is 1. The van der Waals surface area contributed by atoms with E-state index in [0.29, 0.717) is 42.7 Å². The summed E-state index contributed by atoms with van der Waals surface area (Å²) in [6, 6.07) is 26.2. The minimum absolute atomic E-state index is 0.0180. The molecule has 0 heterocycles. The lowest BCUT2D eigenvalue weighted by Crippen LogP contribution is -2.49. The molecule has 1 saturated carbocycles. The smallest absolute Gasteiger partial charge is 0.310 e. The van der Waals surface area contributed by atoms with Crippen molar-refractivity contribution in [1.29, 1.82) is 0 Å². The first-order chi connectivity index (χ1) is 25.1. The fraction of sp³-hybridized carbons (Fsp3) is 0.349. The lowest BCUT2D eigenvalue weighted by Gasteiger charge is -2.50. The number of benzene rings is 4. The molecule has 4 aromatic rings. The van der Waals surface area contributed by atoms with Gasteiger partial charge < -0.3 is 34.3 Å². The van der Waals surface area contributed by atoms with Crippen LogP contribution in [0.1, 0.15) is 65.5 Å². The Balaban J connectivity index is 1.47. The third-order valence-corrected chi connectivity index (χ3v) is 10.5. The van der Waals surface area contributed by atoms with Crippen LogP contribution >= 0.6 is 0 Å². The fourth-order valence-electron chi connectivity index (χ4n) is 8.15. The predicted molar refractivity (Wildman–Crippen MR) is 196 cm³/mol. The maximum Gasteiger partial charge on any atom is 0.310 e. The number of esters is 2. The summed E-state index contributed by atoms with van der Waals surface area (Å²) in [6.07, 6.45) is 5.46. The van der Waals surface area contributed by atoms with Crippen LogP contribution in [0.3, 0.4) is 0 Å². The second kappa shape index (κ2) is 15.9. The van der Waals surface area contributed by atoms with Gasteiger partial charge in [0.1, 0.15) is 12.2 Å². The van der Waals surface area contributed by atoms with Crippen LogP contribution in [0.4, 0.5) is 0 Å². The van der Waals surface area contributed by atoms with Crippen LogP contribution in [0, 0.1) is 11.3 Å². The number of fused-ring (bicyclic) bond motifs is 2. The van der Waals surface area contributed by atoms with E-state index < -0.39 is 29.6 Å². The number of aliphatic hydroxyl groups is 1. The van der Waals surface area contributed by atoms with Crippen molar-refractivity contribution in [3.63, 3.8) is 0 Å². The largest absolute Gasteiger partial charge is 0.504 e. The van der Waals surface area contributed by atoms with Gasteiger partial charge in [0.2, 0.25) is 0 Å². The van der Waals surface area contributed by atoms with E-state index in [1.807, 2.05) is 54.6 Å². The minimum Gasteiger partial charge on any atom is -0.504 e. The Morgan fingerprint density at radius 3 is 2.31 bits per heavy atom. The summed E-state index contributed by atoms with van der Waals surface area (Å²) in [5.74, 6) is -0.492. The maximum atomic E-state index is 13.6. The van der Waals surface area contributed by atoms with E-state index in [2.05, 4.69) is 12.2 Å². The van der Waals surface area contributed by atoms with E-state index in [4.69, 9.17) is 18.9 Å². The number of phenols is 2. The average molecular weight is 707 g/mol. The van der Waals surface area contributed by atoms with Crippen LogP contribution in [0.5, 0.6) is 23.0 Å². The zero-order valence-corrected chi connectivity index (χ0v) is 29.8. The number of allylic oxidation sites excluding steroid dienone is 1. The Kier molecular flexibility index (Phi) is 11.2. The first-order valence-electron chi connectivity index (χ1n) is 17.6. The van der Waals surface area contributed by atoms with E-state index >= 15 is 0 Å². The molecule has 272 valence electrons. The van der Waals surface area contributed by atoms with Crippen molar-refractivity contribution in [3.8, 4) is 23.0 Å². The molecule has 4 aromatic carbocycles. The SMILES string of the molecule is COc1cc([C@@H]2C[C@H](OC(=O)Cc3cccc(CO)c3)C[C@H](OC(C)=O)[C@@H]3Cc4cc(OC)c(O)cc4C[C@]3(C=Cc3ccccc3)C2)ccc1O. The first kappa shape index (κ1) is 36.5. The molecule has 9 heteroatoms. The summed E-state index contributed by atoms with van der Waals surface area (Å²) in [5, 5.41) is 31.0. The van der Waals surface area contributed by atoms with Crippen LogP contribution in [-0.4, -0.2) is 53.7 Å². The highest BCUT2D eigenvalue weighted by atomic mass is 16.6. The molecule has 9 nitrogen and oxygen atoms in total. The van der Waals surface area contributed by atoms with E-state index in [1.165, 1.54) is 21.1 Å². The van der Waals surface area contributed by atoms with Gasteiger partial charge in [0.25, 0.3) is 0 Å². The number of carbonyl (C=O) groups is 2. The molecule has 0 radical (unpaired) electrons. The van der Waals surface area contributed by atoms with Gasteiger partial charge in [0, 0.05) is 19.3 Å². The molecule has 0 aromatic heterocycles. The Morgan fingerprint density at radius 1 is 0.827 bits per heavy atom. The average Bonchev–Trinajstić information content (AvgIpc) is 3.13. The lowest BCUT2D eigenvalue weighted by molar-refractivity contribution is -0.161. The molecular formula is C43H46O9. The van der Waals surface area contributed by atoms with Crippen molar-refractivity contribution in [2.24, 2.45) is 11.3 Å². The molecule has 52 heavy (non-hydrogen) atoms. The number of hydrogen-bond donors (Lipinski definition) is 3. The second-order valence-electron chi connectivity index (χ2n) is 14.0. The van der Waals surface area contributed by atoms with Gasteiger partial charge in [-0.25, -0.2) is 0 Å². The Labute approximate surface area is 304 Å². The molecule has 3 N–H and O–H groups in total. The molecule has 2 aliphatic carbocycles. The fourth-order valence-corrected chi connectivity index (χ4v) is 8.15.